The summed E-state index contributed by atoms with van der Waals surface area (Å²) in [6.07, 6.45) is 8.62. The maximum absolute atomic E-state index is 5.88. The SMILES string of the molecule is CCCc1nc(NC)cc(OCC2CCCCC2)n1. The number of hydrogen-bond donors (Lipinski definition) is 1. The molecule has 106 valence electrons. The third-order valence-corrected chi connectivity index (χ3v) is 3.67. The van der Waals surface area contributed by atoms with E-state index in [2.05, 4.69) is 22.2 Å². The Morgan fingerprint density at radius 2 is 2.05 bits per heavy atom. The fourth-order valence-corrected chi connectivity index (χ4v) is 2.57. The van der Waals surface area contributed by atoms with E-state index in [1.165, 1.54) is 32.1 Å². The number of aryl methyl sites for hydroxylation is 1. The fraction of sp³-hybridized carbons (Fsp3) is 0.733. The molecular formula is C15H25N3O. The summed E-state index contributed by atoms with van der Waals surface area (Å²) in [5.74, 6) is 3.13. The summed E-state index contributed by atoms with van der Waals surface area (Å²) < 4.78 is 5.88. The van der Waals surface area contributed by atoms with Gasteiger partial charge >= 0.3 is 0 Å². The smallest absolute Gasteiger partial charge is 0.218 e. The van der Waals surface area contributed by atoms with Gasteiger partial charge in [-0.2, -0.15) is 4.98 Å². The van der Waals surface area contributed by atoms with Crippen LogP contribution in [0.25, 0.3) is 0 Å². The topological polar surface area (TPSA) is 47.0 Å². The molecule has 0 aromatic carbocycles. The van der Waals surface area contributed by atoms with E-state index in [-0.39, 0.29) is 0 Å². The van der Waals surface area contributed by atoms with Crippen LogP contribution in [0.3, 0.4) is 0 Å². The van der Waals surface area contributed by atoms with Crippen LogP contribution in [0.1, 0.15) is 51.3 Å². The molecule has 19 heavy (non-hydrogen) atoms. The Labute approximate surface area is 116 Å². The molecule has 0 bridgehead atoms. The number of ether oxygens (including phenoxy) is 1. The third kappa shape index (κ3) is 4.37. The van der Waals surface area contributed by atoms with Crippen LogP contribution < -0.4 is 10.1 Å². The fourth-order valence-electron chi connectivity index (χ4n) is 2.57. The third-order valence-electron chi connectivity index (χ3n) is 3.67. The number of aromatic nitrogens is 2. The first-order chi connectivity index (χ1) is 9.31. The van der Waals surface area contributed by atoms with Crippen molar-refractivity contribution in [1.29, 1.82) is 0 Å². The van der Waals surface area contributed by atoms with Crippen molar-refractivity contribution in [3.05, 3.63) is 11.9 Å². The van der Waals surface area contributed by atoms with Gasteiger partial charge < -0.3 is 10.1 Å². The van der Waals surface area contributed by atoms with Crippen LogP contribution in [0.15, 0.2) is 6.07 Å². The van der Waals surface area contributed by atoms with Gasteiger partial charge in [0, 0.05) is 19.5 Å². The Kier molecular flexibility index (Phi) is 5.43. The lowest BCUT2D eigenvalue weighted by Crippen LogP contribution is -2.16. The Hall–Kier alpha value is -1.32. The predicted molar refractivity (Wildman–Crippen MR) is 77.6 cm³/mol. The van der Waals surface area contributed by atoms with Crippen LogP contribution in [0.2, 0.25) is 0 Å². The van der Waals surface area contributed by atoms with Crippen LogP contribution in [-0.2, 0) is 6.42 Å². The molecule has 1 aromatic heterocycles. The van der Waals surface area contributed by atoms with Gasteiger partial charge in [0.25, 0.3) is 0 Å². The second kappa shape index (κ2) is 7.31. The summed E-state index contributed by atoms with van der Waals surface area (Å²) in [6.45, 7) is 2.93. The average Bonchev–Trinajstić information content (AvgIpc) is 2.46. The molecule has 4 heteroatoms. The van der Waals surface area contributed by atoms with E-state index in [1.807, 2.05) is 13.1 Å². The van der Waals surface area contributed by atoms with Crippen molar-refractivity contribution in [3.63, 3.8) is 0 Å². The number of rotatable bonds is 6. The van der Waals surface area contributed by atoms with Gasteiger partial charge in [-0.25, -0.2) is 4.98 Å². The highest BCUT2D eigenvalue weighted by atomic mass is 16.5. The van der Waals surface area contributed by atoms with Crippen LogP contribution in [-0.4, -0.2) is 23.6 Å². The maximum Gasteiger partial charge on any atom is 0.218 e. The number of nitrogens with one attached hydrogen (secondary N) is 1. The second-order valence-corrected chi connectivity index (χ2v) is 5.32. The Bertz CT molecular complexity index is 389. The highest BCUT2D eigenvalue weighted by molar-refractivity contribution is 5.37. The molecule has 1 fully saturated rings. The standard InChI is InChI=1S/C15H25N3O/c1-3-7-13-17-14(16-2)10-15(18-13)19-11-12-8-5-4-6-9-12/h10,12H,3-9,11H2,1-2H3,(H,16,17,18). The number of anilines is 1. The minimum absolute atomic E-state index is 0.705. The van der Waals surface area contributed by atoms with Gasteiger partial charge in [0.15, 0.2) is 0 Å². The minimum atomic E-state index is 0.705. The lowest BCUT2D eigenvalue weighted by Gasteiger charge is -2.21. The molecular weight excluding hydrogens is 238 g/mol. The van der Waals surface area contributed by atoms with Gasteiger partial charge in [0.05, 0.1) is 6.61 Å². The van der Waals surface area contributed by atoms with Crippen LogP contribution in [0.5, 0.6) is 5.88 Å². The minimum Gasteiger partial charge on any atom is -0.477 e. The molecule has 1 aliphatic carbocycles. The summed E-state index contributed by atoms with van der Waals surface area (Å²) in [6, 6.07) is 1.89. The van der Waals surface area contributed by atoms with Crippen molar-refractivity contribution >= 4 is 5.82 Å². The number of nitrogens with zero attached hydrogens (tertiary/aromatic N) is 2. The summed E-state index contributed by atoms with van der Waals surface area (Å²) in [4.78, 5) is 8.92. The van der Waals surface area contributed by atoms with E-state index in [0.29, 0.717) is 11.8 Å². The highest BCUT2D eigenvalue weighted by Gasteiger charge is 2.14. The molecule has 0 unspecified atom stereocenters. The van der Waals surface area contributed by atoms with Crippen molar-refractivity contribution in [1.82, 2.24) is 9.97 Å². The molecule has 0 aliphatic heterocycles. The van der Waals surface area contributed by atoms with Crippen molar-refractivity contribution in [3.8, 4) is 5.88 Å². The molecule has 0 spiro atoms. The summed E-state index contributed by atoms with van der Waals surface area (Å²) in [7, 11) is 1.88. The highest BCUT2D eigenvalue weighted by Crippen LogP contribution is 2.24. The van der Waals surface area contributed by atoms with Gasteiger partial charge in [-0.05, 0) is 25.2 Å². The van der Waals surface area contributed by atoms with Crippen molar-refractivity contribution in [2.24, 2.45) is 5.92 Å². The molecule has 4 nitrogen and oxygen atoms in total. The normalized spacial score (nSPS) is 16.3. The lowest BCUT2D eigenvalue weighted by molar-refractivity contribution is 0.202. The molecule has 0 radical (unpaired) electrons. The van der Waals surface area contributed by atoms with E-state index < -0.39 is 0 Å². The Balaban J connectivity index is 1.95. The first-order valence-corrected chi connectivity index (χ1v) is 7.50. The number of hydrogen-bond acceptors (Lipinski definition) is 4. The van der Waals surface area contributed by atoms with E-state index in [9.17, 15) is 0 Å². The van der Waals surface area contributed by atoms with Gasteiger partial charge in [-0.15, -0.1) is 0 Å². The van der Waals surface area contributed by atoms with Crippen molar-refractivity contribution in [2.45, 2.75) is 51.9 Å². The largest absolute Gasteiger partial charge is 0.477 e. The first-order valence-electron chi connectivity index (χ1n) is 7.50. The predicted octanol–water partition coefficient (Wildman–Crippen LogP) is 3.43. The molecule has 1 aliphatic rings. The zero-order valence-corrected chi connectivity index (χ0v) is 12.1. The van der Waals surface area contributed by atoms with Crippen LogP contribution >= 0.6 is 0 Å². The van der Waals surface area contributed by atoms with Crippen molar-refractivity contribution < 1.29 is 4.74 Å². The van der Waals surface area contributed by atoms with Gasteiger partial charge in [0.2, 0.25) is 5.88 Å². The van der Waals surface area contributed by atoms with E-state index in [1.54, 1.807) is 0 Å². The van der Waals surface area contributed by atoms with Gasteiger partial charge in [-0.3, -0.25) is 0 Å². The molecule has 1 aromatic rings. The molecule has 0 saturated heterocycles. The van der Waals surface area contributed by atoms with Gasteiger partial charge in [0.1, 0.15) is 11.6 Å². The zero-order valence-electron chi connectivity index (χ0n) is 12.1. The van der Waals surface area contributed by atoms with Gasteiger partial charge in [-0.1, -0.05) is 26.2 Å². The quantitative estimate of drug-likeness (QED) is 0.854. The molecule has 1 heterocycles. The van der Waals surface area contributed by atoms with E-state index in [0.717, 1.165) is 31.1 Å². The summed E-state index contributed by atoms with van der Waals surface area (Å²) in [5.41, 5.74) is 0. The van der Waals surface area contributed by atoms with Crippen molar-refractivity contribution in [2.75, 3.05) is 19.0 Å². The molecule has 1 N–H and O–H groups in total. The molecule has 0 atom stereocenters. The monoisotopic (exact) mass is 263 g/mol. The zero-order chi connectivity index (χ0) is 13.5. The van der Waals surface area contributed by atoms with Crippen LogP contribution in [0, 0.1) is 5.92 Å². The van der Waals surface area contributed by atoms with E-state index >= 15 is 0 Å². The maximum atomic E-state index is 5.88. The molecule has 0 amide bonds. The lowest BCUT2D eigenvalue weighted by atomic mass is 9.90. The molecule has 1 saturated carbocycles. The summed E-state index contributed by atoms with van der Waals surface area (Å²) in [5, 5.41) is 3.07. The Morgan fingerprint density at radius 1 is 1.26 bits per heavy atom. The van der Waals surface area contributed by atoms with E-state index in [4.69, 9.17) is 4.74 Å². The molecule has 2 rings (SSSR count). The second-order valence-electron chi connectivity index (χ2n) is 5.32. The Morgan fingerprint density at radius 3 is 2.74 bits per heavy atom. The summed E-state index contributed by atoms with van der Waals surface area (Å²) >= 11 is 0. The van der Waals surface area contributed by atoms with Crippen LogP contribution in [0.4, 0.5) is 5.82 Å². The average molecular weight is 263 g/mol. The first kappa shape index (κ1) is 14.1.